The van der Waals surface area contributed by atoms with Crippen molar-refractivity contribution in [2.75, 3.05) is 12.8 Å². The number of hydrogen-bond donors (Lipinski definition) is 2. The first kappa shape index (κ1) is 15.3. The minimum atomic E-state index is -3.71. The molecule has 3 N–H and O–H groups in total. The summed E-state index contributed by atoms with van der Waals surface area (Å²) in [5, 5.41) is 6.68. The van der Waals surface area contributed by atoms with Crippen LogP contribution in [0.1, 0.15) is 5.56 Å². The van der Waals surface area contributed by atoms with E-state index in [-0.39, 0.29) is 22.2 Å². The molecule has 1 aromatic carbocycles. The van der Waals surface area contributed by atoms with Crippen LogP contribution in [0.25, 0.3) is 0 Å². The van der Waals surface area contributed by atoms with E-state index in [4.69, 9.17) is 17.3 Å². The van der Waals surface area contributed by atoms with Gasteiger partial charge in [0.15, 0.2) is 0 Å². The maximum atomic E-state index is 12.5. The van der Waals surface area contributed by atoms with E-state index in [0.29, 0.717) is 4.47 Å². The van der Waals surface area contributed by atoms with Crippen LogP contribution in [0.15, 0.2) is 33.9 Å². The second-order valence-electron chi connectivity index (χ2n) is 4.17. The number of anilines is 1. The molecular weight excluding hydrogens is 368 g/mol. The van der Waals surface area contributed by atoms with Gasteiger partial charge in [0, 0.05) is 36.1 Å². The molecule has 0 saturated carbocycles. The van der Waals surface area contributed by atoms with E-state index < -0.39 is 10.0 Å². The molecule has 0 saturated heterocycles. The summed E-state index contributed by atoms with van der Waals surface area (Å²) in [4.78, 5) is 0.0356. The molecule has 0 amide bonds. The van der Waals surface area contributed by atoms with Crippen LogP contribution in [0.5, 0.6) is 0 Å². The molecule has 108 valence electrons. The number of aromatic amines is 1. The first-order chi connectivity index (χ1) is 9.32. The molecule has 0 aliphatic rings. The van der Waals surface area contributed by atoms with Gasteiger partial charge in [-0.3, -0.25) is 5.10 Å². The fraction of sp³-hybridized carbons (Fsp3) is 0.182. The largest absolute Gasteiger partial charge is 0.398 e. The predicted octanol–water partition coefficient (Wildman–Crippen LogP) is 2.23. The molecule has 20 heavy (non-hydrogen) atoms. The Morgan fingerprint density at radius 2 is 2.20 bits per heavy atom. The number of aromatic nitrogens is 2. The monoisotopic (exact) mass is 378 g/mol. The standard InChI is InChI=1S/C11H12BrClN4O2S/c1-17(6-7-4-15-16-5-7)20(18,19)10-3-8(13)2-9(14)11(10)12/h2-5H,6,14H2,1H3,(H,15,16). The molecule has 2 aromatic rings. The van der Waals surface area contributed by atoms with Crippen LogP contribution in [-0.4, -0.2) is 30.0 Å². The highest BCUT2D eigenvalue weighted by Crippen LogP contribution is 2.33. The van der Waals surface area contributed by atoms with Gasteiger partial charge in [0.2, 0.25) is 10.0 Å². The summed E-state index contributed by atoms with van der Waals surface area (Å²) in [6.45, 7) is 0.192. The number of H-pyrrole nitrogens is 1. The van der Waals surface area contributed by atoms with Crippen molar-refractivity contribution >= 4 is 43.2 Å². The van der Waals surface area contributed by atoms with Crippen LogP contribution < -0.4 is 5.73 Å². The van der Waals surface area contributed by atoms with E-state index in [1.165, 1.54) is 23.5 Å². The third-order valence-corrected chi connectivity index (χ3v) is 5.87. The highest BCUT2D eigenvalue weighted by atomic mass is 79.9. The molecule has 0 fully saturated rings. The molecule has 0 aliphatic heterocycles. The Balaban J connectivity index is 2.40. The Bertz CT molecular complexity index is 718. The number of hydrogen-bond acceptors (Lipinski definition) is 4. The van der Waals surface area contributed by atoms with Crippen molar-refractivity contribution in [1.29, 1.82) is 0 Å². The minimum Gasteiger partial charge on any atom is -0.398 e. The number of sulfonamides is 1. The average molecular weight is 380 g/mol. The fourth-order valence-corrected chi connectivity index (χ4v) is 4.06. The van der Waals surface area contributed by atoms with Gasteiger partial charge in [0.1, 0.15) is 0 Å². The summed E-state index contributed by atoms with van der Waals surface area (Å²) < 4.78 is 26.6. The summed E-state index contributed by atoms with van der Waals surface area (Å²) in [5.74, 6) is 0. The van der Waals surface area contributed by atoms with Crippen molar-refractivity contribution < 1.29 is 8.42 Å². The Labute approximate surface area is 130 Å². The molecule has 1 aromatic heterocycles. The fourth-order valence-electron chi connectivity index (χ4n) is 1.65. The van der Waals surface area contributed by atoms with Gasteiger partial charge in [0.25, 0.3) is 0 Å². The van der Waals surface area contributed by atoms with Crippen LogP contribution in [0, 0.1) is 0 Å². The minimum absolute atomic E-state index is 0.0356. The number of nitrogens with two attached hydrogens (primary N) is 1. The zero-order valence-corrected chi connectivity index (χ0v) is 13.6. The smallest absolute Gasteiger partial charge is 0.244 e. The van der Waals surface area contributed by atoms with Crippen molar-refractivity contribution in [2.24, 2.45) is 0 Å². The summed E-state index contributed by atoms with van der Waals surface area (Å²) in [6, 6.07) is 2.85. The molecule has 6 nitrogen and oxygen atoms in total. The lowest BCUT2D eigenvalue weighted by Gasteiger charge is -2.18. The van der Waals surface area contributed by atoms with Gasteiger partial charge in [0.05, 0.1) is 15.6 Å². The topological polar surface area (TPSA) is 92.1 Å². The Morgan fingerprint density at radius 3 is 2.80 bits per heavy atom. The van der Waals surface area contributed by atoms with Crippen LogP contribution in [0.3, 0.4) is 0 Å². The molecular formula is C11H12BrClN4O2S. The molecule has 0 spiro atoms. The molecule has 0 atom stereocenters. The number of rotatable bonds is 4. The Morgan fingerprint density at radius 1 is 1.50 bits per heavy atom. The van der Waals surface area contributed by atoms with E-state index in [1.807, 2.05) is 0 Å². The summed E-state index contributed by atoms with van der Waals surface area (Å²) >= 11 is 9.07. The molecule has 0 aliphatic carbocycles. The third kappa shape index (κ3) is 2.98. The number of nitrogens with zero attached hydrogens (tertiary/aromatic N) is 2. The molecule has 0 bridgehead atoms. The van der Waals surface area contributed by atoms with E-state index >= 15 is 0 Å². The van der Waals surface area contributed by atoms with Gasteiger partial charge in [-0.2, -0.15) is 9.40 Å². The lowest BCUT2D eigenvalue weighted by molar-refractivity contribution is 0.466. The molecule has 1 heterocycles. The summed E-state index contributed by atoms with van der Waals surface area (Å²) in [5.41, 5.74) is 6.75. The highest BCUT2D eigenvalue weighted by Gasteiger charge is 2.25. The van der Waals surface area contributed by atoms with E-state index in [1.54, 1.807) is 12.4 Å². The first-order valence-electron chi connectivity index (χ1n) is 5.51. The van der Waals surface area contributed by atoms with Crippen LogP contribution >= 0.6 is 27.5 Å². The van der Waals surface area contributed by atoms with Gasteiger partial charge in [-0.15, -0.1) is 0 Å². The van der Waals surface area contributed by atoms with Gasteiger partial charge in [-0.25, -0.2) is 8.42 Å². The zero-order chi connectivity index (χ0) is 14.9. The normalized spacial score (nSPS) is 12.0. The number of benzene rings is 1. The molecule has 0 unspecified atom stereocenters. The number of halogens is 2. The van der Waals surface area contributed by atoms with Crippen molar-refractivity contribution in [2.45, 2.75) is 11.4 Å². The maximum Gasteiger partial charge on any atom is 0.244 e. The maximum absolute atomic E-state index is 12.5. The SMILES string of the molecule is CN(Cc1cn[nH]c1)S(=O)(=O)c1cc(Cl)cc(N)c1Br. The lowest BCUT2D eigenvalue weighted by Crippen LogP contribution is -2.26. The molecule has 9 heteroatoms. The lowest BCUT2D eigenvalue weighted by atomic mass is 10.3. The van der Waals surface area contributed by atoms with Gasteiger partial charge >= 0.3 is 0 Å². The first-order valence-corrected chi connectivity index (χ1v) is 8.12. The Hall–Kier alpha value is -1.09. The van der Waals surface area contributed by atoms with Crippen LogP contribution in [0.4, 0.5) is 5.69 Å². The number of nitrogens with one attached hydrogen (secondary N) is 1. The predicted molar refractivity (Wildman–Crippen MR) is 80.8 cm³/mol. The second-order valence-corrected chi connectivity index (χ2v) is 7.42. The van der Waals surface area contributed by atoms with Crippen molar-refractivity contribution in [3.63, 3.8) is 0 Å². The second kappa shape index (κ2) is 5.72. The van der Waals surface area contributed by atoms with Crippen molar-refractivity contribution in [1.82, 2.24) is 14.5 Å². The van der Waals surface area contributed by atoms with Gasteiger partial charge < -0.3 is 5.73 Å². The van der Waals surface area contributed by atoms with Crippen molar-refractivity contribution in [3.8, 4) is 0 Å². The summed E-state index contributed by atoms with van der Waals surface area (Å²) in [6.07, 6.45) is 3.20. The summed E-state index contributed by atoms with van der Waals surface area (Å²) in [7, 11) is -2.23. The van der Waals surface area contributed by atoms with Gasteiger partial charge in [-0.05, 0) is 28.1 Å². The third-order valence-electron chi connectivity index (χ3n) is 2.68. The van der Waals surface area contributed by atoms with E-state index in [2.05, 4.69) is 26.1 Å². The zero-order valence-electron chi connectivity index (χ0n) is 10.5. The van der Waals surface area contributed by atoms with Crippen LogP contribution in [-0.2, 0) is 16.6 Å². The van der Waals surface area contributed by atoms with Crippen LogP contribution in [0.2, 0.25) is 5.02 Å². The molecule has 0 radical (unpaired) electrons. The Kier molecular flexibility index (Phi) is 4.38. The van der Waals surface area contributed by atoms with Crippen molar-refractivity contribution in [3.05, 3.63) is 39.6 Å². The highest BCUT2D eigenvalue weighted by molar-refractivity contribution is 9.10. The van der Waals surface area contributed by atoms with E-state index in [9.17, 15) is 8.42 Å². The average Bonchev–Trinajstić information content (AvgIpc) is 2.86. The van der Waals surface area contributed by atoms with E-state index in [0.717, 1.165) is 5.56 Å². The quantitative estimate of drug-likeness (QED) is 0.797. The molecule has 2 rings (SSSR count). The van der Waals surface area contributed by atoms with Gasteiger partial charge in [-0.1, -0.05) is 11.6 Å². The number of nitrogen functional groups attached to an aromatic ring is 1.